The minimum absolute atomic E-state index is 0.188. The molecule has 1 atom stereocenters. The van der Waals surface area contributed by atoms with Gasteiger partial charge in [0, 0.05) is 25.7 Å². The number of carbonyl (C=O) groups excluding carboxylic acids is 1. The SMILES string of the molecule is CN(C)CCCC1CN(C(=O)OC(C)(C)C)CCN1. The number of hydrogen-bond acceptors (Lipinski definition) is 4. The minimum Gasteiger partial charge on any atom is -0.444 e. The second kappa shape index (κ2) is 7.10. The molecule has 1 saturated heterocycles. The Kier molecular flexibility index (Phi) is 6.07. The zero-order valence-corrected chi connectivity index (χ0v) is 13.0. The molecule has 1 N–H and O–H groups in total. The van der Waals surface area contributed by atoms with Crippen molar-refractivity contribution in [2.45, 2.75) is 45.3 Å². The van der Waals surface area contributed by atoms with Gasteiger partial charge in [0.15, 0.2) is 0 Å². The summed E-state index contributed by atoms with van der Waals surface area (Å²) in [7, 11) is 4.17. The molecular formula is C14H29N3O2. The van der Waals surface area contributed by atoms with Crippen LogP contribution in [-0.2, 0) is 4.74 Å². The predicted molar refractivity (Wildman–Crippen MR) is 77.4 cm³/mol. The van der Waals surface area contributed by atoms with Crippen molar-refractivity contribution in [3.05, 3.63) is 0 Å². The Morgan fingerprint density at radius 3 is 2.68 bits per heavy atom. The summed E-state index contributed by atoms with van der Waals surface area (Å²) in [4.78, 5) is 16.0. The van der Waals surface area contributed by atoms with E-state index in [0.717, 1.165) is 39.0 Å². The average molecular weight is 271 g/mol. The van der Waals surface area contributed by atoms with Crippen LogP contribution in [0.5, 0.6) is 0 Å². The highest BCUT2D eigenvalue weighted by Gasteiger charge is 2.26. The van der Waals surface area contributed by atoms with Crippen LogP contribution in [0.25, 0.3) is 0 Å². The summed E-state index contributed by atoms with van der Waals surface area (Å²) >= 11 is 0. The van der Waals surface area contributed by atoms with Gasteiger partial charge in [0.2, 0.25) is 0 Å². The highest BCUT2D eigenvalue weighted by molar-refractivity contribution is 5.68. The van der Waals surface area contributed by atoms with Gasteiger partial charge in [0.25, 0.3) is 0 Å². The fourth-order valence-corrected chi connectivity index (χ4v) is 2.17. The lowest BCUT2D eigenvalue weighted by atomic mass is 10.1. The van der Waals surface area contributed by atoms with Crippen LogP contribution in [0, 0.1) is 0 Å². The summed E-state index contributed by atoms with van der Waals surface area (Å²) in [5, 5.41) is 3.47. The summed E-state index contributed by atoms with van der Waals surface area (Å²) in [6.45, 7) is 9.14. The maximum absolute atomic E-state index is 12.0. The zero-order chi connectivity index (χ0) is 14.5. The number of piperazine rings is 1. The number of nitrogens with one attached hydrogen (secondary N) is 1. The Balaban J connectivity index is 2.35. The normalized spacial score (nSPS) is 20.7. The van der Waals surface area contributed by atoms with Crippen LogP contribution in [0.4, 0.5) is 4.79 Å². The van der Waals surface area contributed by atoms with E-state index in [-0.39, 0.29) is 6.09 Å². The topological polar surface area (TPSA) is 44.8 Å². The maximum atomic E-state index is 12.0. The summed E-state index contributed by atoms with van der Waals surface area (Å²) in [6, 6.07) is 0.390. The van der Waals surface area contributed by atoms with E-state index in [1.165, 1.54) is 0 Å². The summed E-state index contributed by atoms with van der Waals surface area (Å²) < 4.78 is 5.42. The smallest absolute Gasteiger partial charge is 0.410 e. The van der Waals surface area contributed by atoms with Gasteiger partial charge in [-0.25, -0.2) is 4.79 Å². The minimum atomic E-state index is -0.414. The number of amides is 1. The van der Waals surface area contributed by atoms with Gasteiger partial charge < -0.3 is 19.9 Å². The third-order valence-corrected chi connectivity index (χ3v) is 3.07. The zero-order valence-electron chi connectivity index (χ0n) is 13.0. The Labute approximate surface area is 117 Å². The molecule has 1 aliphatic heterocycles. The van der Waals surface area contributed by atoms with Crippen LogP contribution in [0.2, 0.25) is 0 Å². The van der Waals surface area contributed by atoms with Gasteiger partial charge in [-0.15, -0.1) is 0 Å². The van der Waals surface area contributed by atoms with Gasteiger partial charge in [-0.1, -0.05) is 0 Å². The second-order valence-electron chi connectivity index (χ2n) is 6.52. The number of carbonyl (C=O) groups is 1. The van der Waals surface area contributed by atoms with E-state index < -0.39 is 5.60 Å². The van der Waals surface area contributed by atoms with Crippen molar-refractivity contribution in [3.8, 4) is 0 Å². The first-order chi connectivity index (χ1) is 8.78. The Morgan fingerprint density at radius 1 is 1.42 bits per heavy atom. The van der Waals surface area contributed by atoms with Crippen LogP contribution in [0.15, 0.2) is 0 Å². The van der Waals surface area contributed by atoms with Gasteiger partial charge >= 0.3 is 6.09 Å². The van der Waals surface area contributed by atoms with Crippen molar-refractivity contribution >= 4 is 6.09 Å². The average Bonchev–Trinajstić information content (AvgIpc) is 2.26. The lowest BCUT2D eigenvalue weighted by Crippen LogP contribution is -2.53. The number of ether oxygens (including phenoxy) is 1. The van der Waals surface area contributed by atoms with Crippen LogP contribution in [0.1, 0.15) is 33.6 Å². The predicted octanol–water partition coefficient (Wildman–Crippen LogP) is 1.54. The van der Waals surface area contributed by atoms with E-state index in [1.807, 2.05) is 25.7 Å². The Bertz CT molecular complexity index is 287. The van der Waals surface area contributed by atoms with Crippen LogP contribution in [-0.4, -0.2) is 67.8 Å². The molecule has 0 saturated carbocycles. The standard InChI is InChI=1S/C14H29N3O2/c1-14(2,3)19-13(18)17-10-8-15-12(11-17)7-6-9-16(4)5/h12,15H,6-11H2,1-5H3. The first kappa shape index (κ1) is 16.2. The molecule has 1 unspecified atom stereocenters. The number of nitrogens with zero attached hydrogens (tertiary/aromatic N) is 2. The molecule has 5 nitrogen and oxygen atoms in total. The van der Waals surface area contributed by atoms with Gasteiger partial charge in [-0.2, -0.15) is 0 Å². The third-order valence-electron chi connectivity index (χ3n) is 3.07. The molecule has 0 radical (unpaired) electrons. The molecule has 1 amide bonds. The molecule has 1 fully saturated rings. The highest BCUT2D eigenvalue weighted by atomic mass is 16.6. The molecular weight excluding hydrogens is 242 g/mol. The molecule has 1 heterocycles. The molecule has 0 aromatic rings. The molecule has 0 bridgehead atoms. The van der Waals surface area contributed by atoms with Crippen molar-refractivity contribution in [2.75, 3.05) is 40.3 Å². The van der Waals surface area contributed by atoms with E-state index in [2.05, 4.69) is 24.3 Å². The molecule has 1 rings (SSSR count). The van der Waals surface area contributed by atoms with Gasteiger partial charge in [-0.3, -0.25) is 0 Å². The Morgan fingerprint density at radius 2 is 2.11 bits per heavy atom. The lowest BCUT2D eigenvalue weighted by molar-refractivity contribution is 0.0191. The van der Waals surface area contributed by atoms with E-state index in [4.69, 9.17) is 4.74 Å². The number of hydrogen-bond donors (Lipinski definition) is 1. The van der Waals surface area contributed by atoms with E-state index >= 15 is 0 Å². The van der Waals surface area contributed by atoms with E-state index in [1.54, 1.807) is 0 Å². The van der Waals surface area contributed by atoms with Crippen molar-refractivity contribution < 1.29 is 9.53 Å². The fraction of sp³-hybridized carbons (Fsp3) is 0.929. The molecule has 112 valence electrons. The van der Waals surface area contributed by atoms with Crippen LogP contribution >= 0.6 is 0 Å². The van der Waals surface area contributed by atoms with E-state index in [9.17, 15) is 4.79 Å². The first-order valence-electron chi connectivity index (χ1n) is 7.14. The second-order valence-corrected chi connectivity index (χ2v) is 6.52. The van der Waals surface area contributed by atoms with E-state index in [0.29, 0.717) is 6.04 Å². The molecule has 5 heteroatoms. The van der Waals surface area contributed by atoms with Gasteiger partial charge in [0.05, 0.1) is 0 Å². The van der Waals surface area contributed by atoms with Crippen LogP contribution < -0.4 is 5.32 Å². The van der Waals surface area contributed by atoms with Crippen molar-refractivity contribution in [2.24, 2.45) is 0 Å². The molecule has 0 spiro atoms. The summed E-state index contributed by atoms with van der Waals surface area (Å²) in [6.07, 6.45) is 2.05. The number of rotatable bonds is 4. The van der Waals surface area contributed by atoms with Crippen LogP contribution in [0.3, 0.4) is 0 Å². The monoisotopic (exact) mass is 271 g/mol. The quantitative estimate of drug-likeness (QED) is 0.842. The largest absolute Gasteiger partial charge is 0.444 e. The van der Waals surface area contributed by atoms with Gasteiger partial charge in [-0.05, 0) is 54.3 Å². The molecule has 0 aromatic heterocycles. The van der Waals surface area contributed by atoms with Gasteiger partial charge in [0.1, 0.15) is 5.60 Å². The lowest BCUT2D eigenvalue weighted by Gasteiger charge is -2.35. The van der Waals surface area contributed by atoms with Crippen molar-refractivity contribution in [1.82, 2.24) is 15.1 Å². The Hall–Kier alpha value is -0.810. The summed E-state index contributed by atoms with van der Waals surface area (Å²) in [5.41, 5.74) is -0.414. The first-order valence-corrected chi connectivity index (χ1v) is 7.14. The van der Waals surface area contributed by atoms with Crippen molar-refractivity contribution in [3.63, 3.8) is 0 Å². The maximum Gasteiger partial charge on any atom is 0.410 e. The molecule has 1 aliphatic rings. The highest BCUT2D eigenvalue weighted by Crippen LogP contribution is 2.12. The summed E-state index contributed by atoms with van der Waals surface area (Å²) in [5.74, 6) is 0. The van der Waals surface area contributed by atoms with Crippen molar-refractivity contribution in [1.29, 1.82) is 0 Å². The third kappa shape index (κ3) is 6.78. The molecule has 19 heavy (non-hydrogen) atoms. The fourth-order valence-electron chi connectivity index (χ4n) is 2.17. The molecule has 0 aromatic carbocycles. The molecule has 0 aliphatic carbocycles.